The highest BCUT2D eigenvalue weighted by Gasteiger charge is 2.44. The Morgan fingerprint density at radius 1 is 1.35 bits per heavy atom. The van der Waals surface area contributed by atoms with Crippen molar-refractivity contribution in [1.29, 1.82) is 0 Å². The minimum atomic E-state index is 0.499. The summed E-state index contributed by atoms with van der Waals surface area (Å²) in [5.41, 5.74) is 1.49. The van der Waals surface area contributed by atoms with Crippen molar-refractivity contribution in [3.05, 3.63) is 11.8 Å². The maximum absolute atomic E-state index is 4.41. The molecular formula is C13H22N4. The van der Waals surface area contributed by atoms with Crippen molar-refractivity contribution in [3.63, 3.8) is 0 Å². The van der Waals surface area contributed by atoms with Gasteiger partial charge in [0, 0.05) is 25.4 Å². The summed E-state index contributed by atoms with van der Waals surface area (Å²) >= 11 is 0. The third-order valence-electron chi connectivity index (χ3n) is 3.82. The lowest BCUT2D eigenvalue weighted by Gasteiger charge is -2.20. The van der Waals surface area contributed by atoms with E-state index in [1.165, 1.54) is 12.8 Å². The molecule has 0 aliphatic heterocycles. The molecule has 1 aromatic rings. The Hall–Kier alpha value is -1.32. The summed E-state index contributed by atoms with van der Waals surface area (Å²) in [6, 6.07) is 2.00. The molecule has 1 aliphatic rings. The zero-order valence-corrected chi connectivity index (χ0v) is 11.2. The van der Waals surface area contributed by atoms with E-state index in [0.717, 1.165) is 24.0 Å². The highest BCUT2D eigenvalue weighted by molar-refractivity contribution is 5.42. The molecule has 0 saturated heterocycles. The van der Waals surface area contributed by atoms with Crippen LogP contribution in [0.25, 0.3) is 0 Å². The van der Waals surface area contributed by atoms with Crippen molar-refractivity contribution in [1.82, 2.24) is 9.97 Å². The minimum Gasteiger partial charge on any atom is -0.369 e. The quantitative estimate of drug-likeness (QED) is 0.822. The minimum absolute atomic E-state index is 0.499. The summed E-state index contributed by atoms with van der Waals surface area (Å²) in [4.78, 5) is 8.69. The van der Waals surface area contributed by atoms with Gasteiger partial charge in [0.05, 0.1) is 0 Å². The first-order chi connectivity index (χ1) is 8.05. The molecule has 0 atom stereocenters. The van der Waals surface area contributed by atoms with Gasteiger partial charge in [-0.05, 0) is 31.1 Å². The summed E-state index contributed by atoms with van der Waals surface area (Å²) in [5.74, 6) is 2.34. The predicted octanol–water partition coefficient (Wildman–Crippen LogP) is 2.67. The molecule has 1 fully saturated rings. The Morgan fingerprint density at radius 3 is 2.59 bits per heavy atom. The van der Waals surface area contributed by atoms with Crippen molar-refractivity contribution in [3.8, 4) is 0 Å². The molecule has 0 spiro atoms. The third kappa shape index (κ3) is 2.68. The van der Waals surface area contributed by atoms with Crippen LogP contribution in [0.2, 0.25) is 0 Å². The number of hydrogen-bond donors (Lipinski definition) is 2. The molecule has 1 saturated carbocycles. The van der Waals surface area contributed by atoms with Crippen molar-refractivity contribution in [2.45, 2.75) is 33.6 Å². The molecule has 0 aromatic carbocycles. The second-order valence-corrected chi connectivity index (χ2v) is 5.34. The Morgan fingerprint density at radius 2 is 2.06 bits per heavy atom. The van der Waals surface area contributed by atoms with Crippen molar-refractivity contribution < 1.29 is 0 Å². The van der Waals surface area contributed by atoms with Gasteiger partial charge in [-0.3, -0.25) is 0 Å². The number of hydrogen-bond acceptors (Lipinski definition) is 4. The topological polar surface area (TPSA) is 49.8 Å². The molecule has 1 heterocycles. The van der Waals surface area contributed by atoms with E-state index in [0.29, 0.717) is 11.4 Å². The molecule has 94 valence electrons. The van der Waals surface area contributed by atoms with E-state index in [9.17, 15) is 0 Å². The molecular weight excluding hydrogens is 212 g/mol. The number of nitrogens with zero attached hydrogens (tertiary/aromatic N) is 2. The monoisotopic (exact) mass is 234 g/mol. The van der Waals surface area contributed by atoms with Gasteiger partial charge in [0.15, 0.2) is 0 Å². The largest absolute Gasteiger partial charge is 0.369 e. The molecule has 17 heavy (non-hydrogen) atoms. The molecule has 0 radical (unpaired) electrons. The van der Waals surface area contributed by atoms with Gasteiger partial charge in [-0.15, -0.1) is 0 Å². The van der Waals surface area contributed by atoms with Crippen LogP contribution in [0, 0.1) is 18.3 Å². The summed E-state index contributed by atoms with van der Waals surface area (Å²) in [7, 11) is 1.84. The molecule has 2 N–H and O–H groups in total. The molecule has 2 rings (SSSR count). The average Bonchev–Trinajstić information content (AvgIpc) is 3.06. The van der Waals surface area contributed by atoms with Crippen molar-refractivity contribution in [2.75, 3.05) is 24.2 Å². The summed E-state index contributed by atoms with van der Waals surface area (Å²) in [6.45, 7) is 7.62. The lowest BCUT2D eigenvalue weighted by molar-refractivity contribution is 0.380. The van der Waals surface area contributed by atoms with E-state index >= 15 is 0 Å². The van der Waals surface area contributed by atoms with E-state index in [1.54, 1.807) is 0 Å². The van der Waals surface area contributed by atoms with Crippen LogP contribution < -0.4 is 10.6 Å². The Balaban J connectivity index is 2.02. The predicted molar refractivity (Wildman–Crippen MR) is 71.3 cm³/mol. The number of nitrogens with one attached hydrogen (secondary N) is 2. The normalized spacial score (nSPS) is 17.0. The highest BCUT2D eigenvalue weighted by Crippen LogP contribution is 2.51. The molecule has 0 bridgehead atoms. The van der Waals surface area contributed by atoms with Gasteiger partial charge in [-0.25, -0.2) is 4.98 Å². The number of aryl methyl sites for hydroxylation is 1. The van der Waals surface area contributed by atoms with Gasteiger partial charge in [0.1, 0.15) is 5.82 Å². The second-order valence-electron chi connectivity index (χ2n) is 5.34. The fraction of sp³-hybridized carbons (Fsp3) is 0.692. The van der Waals surface area contributed by atoms with E-state index in [-0.39, 0.29) is 0 Å². The van der Waals surface area contributed by atoms with Crippen LogP contribution in [0.15, 0.2) is 6.07 Å². The van der Waals surface area contributed by atoms with E-state index in [4.69, 9.17) is 0 Å². The third-order valence-corrected chi connectivity index (χ3v) is 3.82. The first-order valence-corrected chi connectivity index (χ1v) is 6.33. The maximum Gasteiger partial charge on any atom is 0.224 e. The van der Waals surface area contributed by atoms with E-state index in [1.807, 2.05) is 20.0 Å². The SMILES string of the molecule is CNc1nc(C)cc(NCC2(C(C)C)CC2)n1. The molecule has 0 unspecified atom stereocenters. The van der Waals surface area contributed by atoms with Gasteiger partial charge in [-0.2, -0.15) is 4.98 Å². The number of anilines is 2. The molecule has 1 aromatic heterocycles. The van der Waals surface area contributed by atoms with Crippen LogP contribution >= 0.6 is 0 Å². The van der Waals surface area contributed by atoms with Crippen LogP contribution in [0.5, 0.6) is 0 Å². The lowest BCUT2D eigenvalue weighted by Crippen LogP contribution is -2.21. The van der Waals surface area contributed by atoms with Crippen molar-refractivity contribution >= 4 is 11.8 Å². The van der Waals surface area contributed by atoms with Gasteiger partial charge < -0.3 is 10.6 Å². The van der Waals surface area contributed by atoms with Gasteiger partial charge in [0.2, 0.25) is 5.95 Å². The molecule has 1 aliphatic carbocycles. The molecule has 4 nitrogen and oxygen atoms in total. The van der Waals surface area contributed by atoms with Crippen LogP contribution in [0.4, 0.5) is 11.8 Å². The van der Waals surface area contributed by atoms with E-state index < -0.39 is 0 Å². The molecule has 4 heteroatoms. The summed E-state index contributed by atoms with van der Waals surface area (Å²) < 4.78 is 0. The highest BCUT2D eigenvalue weighted by atomic mass is 15.1. The number of rotatable bonds is 5. The van der Waals surface area contributed by atoms with Crippen LogP contribution in [-0.2, 0) is 0 Å². The summed E-state index contributed by atoms with van der Waals surface area (Å²) in [5, 5.41) is 6.43. The maximum atomic E-state index is 4.41. The fourth-order valence-electron chi connectivity index (χ4n) is 2.16. The summed E-state index contributed by atoms with van der Waals surface area (Å²) in [6.07, 6.45) is 2.67. The van der Waals surface area contributed by atoms with Gasteiger partial charge >= 0.3 is 0 Å². The van der Waals surface area contributed by atoms with Crippen molar-refractivity contribution in [2.24, 2.45) is 11.3 Å². The van der Waals surface area contributed by atoms with Crippen LogP contribution in [0.1, 0.15) is 32.4 Å². The van der Waals surface area contributed by atoms with Gasteiger partial charge in [-0.1, -0.05) is 13.8 Å². The first kappa shape index (κ1) is 12.1. The smallest absolute Gasteiger partial charge is 0.224 e. The Kier molecular flexibility index (Phi) is 3.22. The first-order valence-electron chi connectivity index (χ1n) is 6.33. The zero-order chi connectivity index (χ0) is 12.5. The zero-order valence-electron chi connectivity index (χ0n) is 11.2. The lowest BCUT2D eigenvalue weighted by atomic mass is 9.92. The second kappa shape index (κ2) is 4.51. The Labute approximate surface area is 103 Å². The van der Waals surface area contributed by atoms with Gasteiger partial charge in [0.25, 0.3) is 0 Å². The van der Waals surface area contributed by atoms with Crippen LogP contribution in [-0.4, -0.2) is 23.6 Å². The average molecular weight is 234 g/mol. The van der Waals surface area contributed by atoms with E-state index in [2.05, 4.69) is 34.4 Å². The van der Waals surface area contributed by atoms with Crippen LogP contribution in [0.3, 0.4) is 0 Å². The fourth-order valence-corrected chi connectivity index (χ4v) is 2.16. The molecule has 0 amide bonds. The Bertz CT molecular complexity index is 396. The standard InChI is InChI=1S/C13H22N4/c1-9(2)13(5-6-13)8-15-11-7-10(3)16-12(14-4)17-11/h7,9H,5-6,8H2,1-4H3,(H2,14,15,16,17). The number of aromatic nitrogens is 2.